The number of nitrogens with two attached hydrogens (primary N) is 1. The molecule has 26 heavy (non-hydrogen) atoms. The molecule has 2 aliphatic heterocycles. The number of thiocarbonyl (C=S) groups is 1. The minimum Gasteiger partial charge on any atom is -0.495 e. The van der Waals surface area contributed by atoms with Gasteiger partial charge in [0, 0.05) is 23.0 Å². The molecule has 1 unspecified atom stereocenters. The van der Waals surface area contributed by atoms with E-state index in [4.69, 9.17) is 22.7 Å². The summed E-state index contributed by atoms with van der Waals surface area (Å²) in [5.74, 6) is 0.797. The van der Waals surface area contributed by atoms with Crippen LogP contribution in [0.5, 0.6) is 5.75 Å². The molecule has 0 aliphatic carbocycles. The van der Waals surface area contributed by atoms with E-state index in [2.05, 4.69) is 5.32 Å². The Morgan fingerprint density at radius 1 is 1.31 bits per heavy atom. The molecule has 1 aromatic carbocycles. The Morgan fingerprint density at radius 2 is 2.08 bits per heavy atom. The zero-order chi connectivity index (χ0) is 18.4. The van der Waals surface area contributed by atoms with Crippen LogP contribution in [0.2, 0.25) is 0 Å². The monoisotopic (exact) mass is 383 g/mol. The predicted molar refractivity (Wildman–Crippen MR) is 109 cm³/mol. The molecule has 4 rings (SSSR count). The van der Waals surface area contributed by atoms with E-state index in [0.29, 0.717) is 22.8 Å². The first kappa shape index (κ1) is 16.9. The van der Waals surface area contributed by atoms with Crippen molar-refractivity contribution in [1.29, 1.82) is 0 Å². The Kier molecular flexibility index (Phi) is 4.13. The number of amides is 1. The van der Waals surface area contributed by atoms with Gasteiger partial charge in [0.15, 0.2) is 0 Å². The number of nitrogens with one attached hydrogen (secondary N) is 1. The number of benzene rings is 1. The third-order valence-electron chi connectivity index (χ3n) is 4.63. The van der Waals surface area contributed by atoms with Gasteiger partial charge in [0.2, 0.25) is 0 Å². The Hall–Kier alpha value is -2.51. The number of nitrogens with zero attached hydrogens (tertiary/aromatic N) is 1. The van der Waals surface area contributed by atoms with E-state index >= 15 is 0 Å². The number of hydrogen-bond acceptors (Lipinski definition) is 5. The van der Waals surface area contributed by atoms with Gasteiger partial charge in [0.05, 0.1) is 22.9 Å². The molecule has 0 fully saturated rings. The molecular weight excluding hydrogens is 366 g/mol. The van der Waals surface area contributed by atoms with E-state index in [1.54, 1.807) is 7.11 Å². The SMILES string of the molecule is COc1ccccc1NC(=O)C1=C(C)SC(=S)C2=C(N)n3cccc3C12. The number of carbonyl (C=O) groups excluding carboxylic acids is 1. The van der Waals surface area contributed by atoms with E-state index in [1.165, 1.54) is 11.8 Å². The summed E-state index contributed by atoms with van der Waals surface area (Å²) in [6, 6.07) is 11.2. The molecule has 3 N–H and O–H groups in total. The second-order valence-corrected chi connectivity index (χ2v) is 7.94. The number of rotatable bonds is 3. The summed E-state index contributed by atoms with van der Waals surface area (Å²) in [4.78, 5) is 14.1. The number of hydrogen-bond donors (Lipinski definition) is 2. The lowest BCUT2D eigenvalue weighted by Crippen LogP contribution is -2.25. The van der Waals surface area contributed by atoms with Gasteiger partial charge in [-0.1, -0.05) is 36.1 Å². The van der Waals surface area contributed by atoms with Crippen molar-refractivity contribution in [1.82, 2.24) is 4.57 Å². The van der Waals surface area contributed by atoms with Crippen LogP contribution in [-0.2, 0) is 4.79 Å². The summed E-state index contributed by atoms with van der Waals surface area (Å²) in [5, 5.41) is 2.98. The summed E-state index contributed by atoms with van der Waals surface area (Å²) >= 11 is 6.97. The maximum absolute atomic E-state index is 13.2. The molecule has 3 heterocycles. The van der Waals surface area contributed by atoms with Gasteiger partial charge in [0.25, 0.3) is 5.91 Å². The number of thioether (sulfide) groups is 1. The third-order valence-corrected chi connectivity index (χ3v) is 6.04. The number of carbonyl (C=O) groups is 1. The highest BCUT2D eigenvalue weighted by atomic mass is 32.2. The summed E-state index contributed by atoms with van der Waals surface area (Å²) in [6.07, 6.45) is 1.90. The average Bonchev–Trinajstić information content (AvgIpc) is 3.19. The first-order valence-corrected chi connectivity index (χ1v) is 9.30. The van der Waals surface area contributed by atoms with Crippen molar-refractivity contribution in [2.75, 3.05) is 12.4 Å². The number of ether oxygens (including phenoxy) is 1. The number of anilines is 1. The Morgan fingerprint density at radius 3 is 2.85 bits per heavy atom. The van der Waals surface area contributed by atoms with Crippen molar-refractivity contribution in [3.05, 3.63) is 64.3 Å². The number of aromatic nitrogens is 1. The maximum Gasteiger partial charge on any atom is 0.253 e. The molecule has 0 spiro atoms. The van der Waals surface area contributed by atoms with Gasteiger partial charge in [0.1, 0.15) is 11.6 Å². The van der Waals surface area contributed by atoms with Crippen LogP contribution in [-0.4, -0.2) is 21.8 Å². The van der Waals surface area contributed by atoms with Gasteiger partial charge in [-0.3, -0.25) is 4.79 Å². The van der Waals surface area contributed by atoms with Crippen LogP contribution in [0.3, 0.4) is 0 Å². The first-order chi connectivity index (χ1) is 12.5. The smallest absolute Gasteiger partial charge is 0.253 e. The second kappa shape index (κ2) is 6.34. The average molecular weight is 383 g/mol. The summed E-state index contributed by atoms with van der Waals surface area (Å²) in [6.45, 7) is 1.92. The van der Waals surface area contributed by atoms with Gasteiger partial charge in [-0.25, -0.2) is 0 Å². The van der Waals surface area contributed by atoms with E-state index in [1.807, 2.05) is 54.1 Å². The fourth-order valence-corrected chi connectivity index (χ4v) is 5.00. The molecule has 132 valence electrons. The lowest BCUT2D eigenvalue weighted by Gasteiger charge is -2.26. The summed E-state index contributed by atoms with van der Waals surface area (Å²) in [5.41, 5.74) is 9.42. The quantitative estimate of drug-likeness (QED) is 0.791. The molecule has 0 bridgehead atoms. The largest absolute Gasteiger partial charge is 0.495 e. The van der Waals surface area contributed by atoms with E-state index in [-0.39, 0.29) is 11.8 Å². The van der Waals surface area contributed by atoms with Crippen LogP contribution in [0.15, 0.2) is 58.6 Å². The molecule has 1 aromatic heterocycles. The Bertz CT molecular complexity index is 1000. The van der Waals surface area contributed by atoms with Crippen LogP contribution in [0.1, 0.15) is 18.5 Å². The number of methoxy groups -OCH3 is 1. The van der Waals surface area contributed by atoms with Crippen molar-refractivity contribution in [3.8, 4) is 5.75 Å². The van der Waals surface area contributed by atoms with E-state index < -0.39 is 0 Å². The normalized spacial score (nSPS) is 18.7. The second-order valence-electron chi connectivity index (χ2n) is 6.05. The summed E-state index contributed by atoms with van der Waals surface area (Å²) in [7, 11) is 1.58. The molecule has 2 aromatic rings. The van der Waals surface area contributed by atoms with Crippen LogP contribution >= 0.6 is 24.0 Å². The lowest BCUT2D eigenvalue weighted by atomic mass is 9.89. The maximum atomic E-state index is 13.2. The van der Waals surface area contributed by atoms with Gasteiger partial charge in [-0.15, -0.1) is 0 Å². The fraction of sp³-hybridized carbons (Fsp3) is 0.158. The molecule has 1 amide bonds. The lowest BCUT2D eigenvalue weighted by molar-refractivity contribution is -0.113. The molecule has 0 radical (unpaired) electrons. The number of para-hydroxylation sites is 2. The summed E-state index contributed by atoms with van der Waals surface area (Å²) < 4.78 is 7.96. The minimum absolute atomic E-state index is 0.174. The van der Waals surface area contributed by atoms with Crippen LogP contribution in [0.4, 0.5) is 5.69 Å². The zero-order valence-corrected chi connectivity index (χ0v) is 15.9. The van der Waals surface area contributed by atoms with Crippen molar-refractivity contribution >= 4 is 45.6 Å². The first-order valence-electron chi connectivity index (χ1n) is 8.07. The predicted octanol–water partition coefficient (Wildman–Crippen LogP) is 3.71. The Labute approximate surface area is 160 Å². The van der Waals surface area contributed by atoms with Crippen LogP contribution in [0.25, 0.3) is 5.82 Å². The van der Waals surface area contributed by atoms with Crippen LogP contribution < -0.4 is 15.8 Å². The van der Waals surface area contributed by atoms with Crippen molar-refractivity contribution < 1.29 is 9.53 Å². The van der Waals surface area contributed by atoms with Crippen LogP contribution in [0, 0.1) is 0 Å². The molecule has 1 atom stereocenters. The van der Waals surface area contributed by atoms with Crippen molar-refractivity contribution in [3.63, 3.8) is 0 Å². The zero-order valence-electron chi connectivity index (χ0n) is 14.3. The number of fused-ring (bicyclic) bond motifs is 3. The highest BCUT2D eigenvalue weighted by Gasteiger charge is 2.41. The molecule has 5 nitrogen and oxygen atoms in total. The standard InChI is InChI=1S/C19H17N3O2S2/c1-10-14(18(23)21-11-6-3-4-8-13(11)24-2)15-12-7-5-9-22(12)17(20)16(15)19(25)26-10/h3-9,15H,20H2,1-2H3,(H,21,23). The number of allylic oxidation sites excluding steroid dienone is 1. The Balaban J connectivity index is 1.77. The highest BCUT2D eigenvalue weighted by molar-refractivity contribution is 8.26. The van der Waals surface area contributed by atoms with Gasteiger partial charge < -0.3 is 20.4 Å². The molecule has 2 aliphatic rings. The molecule has 7 heteroatoms. The fourth-order valence-electron chi connectivity index (χ4n) is 3.47. The molecule has 0 saturated carbocycles. The highest BCUT2D eigenvalue weighted by Crippen LogP contribution is 2.50. The minimum atomic E-state index is -0.242. The van der Waals surface area contributed by atoms with Crippen molar-refractivity contribution in [2.45, 2.75) is 12.8 Å². The topological polar surface area (TPSA) is 69.3 Å². The van der Waals surface area contributed by atoms with Gasteiger partial charge in [-0.05, 0) is 36.1 Å². The van der Waals surface area contributed by atoms with Gasteiger partial charge in [-0.2, -0.15) is 0 Å². The van der Waals surface area contributed by atoms with E-state index in [0.717, 1.165) is 20.4 Å². The van der Waals surface area contributed by atoms with Crippen molar-refractivity contribution in [2.24, 2.45) is 5.73 Å². The molecular formula is C19H17N3O2S2. The molecule has 0 saturated heterocycles. The van der Waals surface area contributed by atoms with Gasteiger partial charge >= 0.3 is 0 Å². The van der Waals surface area contributed by atoms with E-state index in [9.17, 15) is 4.79 Å². The third kappa shape index (κ3) is 2.47.